The van der Waals surface area contributed by atoms with Crippen molar-refractivity contribution in [3.63, 3.8) is 0 Å². The summed E-state index contributed by atoms with van der Waals surface area (Å²) < 4.78 is 17.4. The van der Waals surface area contributed by atoms with Gasteiger partial charge in [-0.25, -0.2) is 4.98 Å². The maximum atomic E-state index is 9.31. The molecule has 0 spiro atoms. The van der Waals surface area contributed by atoms with Gasteiger partial charge in [-0.2, -0.15) is 0 Å². The Kier molecular flexibility index (Phi) is 6.78. The number of rotatable bonds is 9. The van der Waals surface area contributed by atoms with Crippen molar-refractivity contribution in [1.82, 2.24) is 4.98 Å². The summed E-state index contributed by atoms with van der Waals surface area (Å²) >= 11 is 6.24. The van der Waals surface area contributed by atoms with E-state index in [1.807, 2.05) is 72.8 Å². The Morgan fingerprint density at radius 2 is 1.59 bits per heavy atom. The van der Waals surface area contributed by atoms with Gasteiger partial charge in [-0.3, -0.25) is 0 Å². The highest BCUT2D eigenvalue weighted by atomic mass is 35.5. The molecule has 3 aromatic carbocycles. The Morgan fingerprint density at radius 1 is 0.844 bits per heavy atom. The number of nitrogens with zero attached hydrogens (tertiary/aromatic N) is 1. The molecule has 0 amide bonds. The molecule has 0 saturated carbocycles. The molecule has 1 N–H and O–H groups in total. The number of pyridine rings is 1. The third-order valence-electron chi connectivity index (χ3n) is 4.67. The topological polar surface area (TPSA) is 60.8 Å². The number of aliphatic hydroxyl groups excluding tert-OH is 1. The monoisotopic (exact) mass is 447 g/mol. The Hall–Kier alpha value is -3.70. The molecule has 0 aliphatic carbocycles. The first-order valence-corrected chi connectivity index (χ1v) is 10.4. The Bertz CT molecular complexity index is 1240. The third kappa shape index (κ3) is 5.50. The van der Waals surface area contributed by atoms with Gasteiger partial charge in [0.25, 0.3) is 0 Å². The molecule has 162 valence electrons. The van der Waals surface area contributed by atoms with Crippen LogP contribution in [0.1, 0.15) is 11.3 Å². The molecule has 32 heavy (non-hydrogen) atoms. The van der Waals surface area contributed by atoms with Gasteiger partial charge < -0.3 is 19.3 Å². The Balaban J connectivity index is 1.40. The van der Waals surface area contributed by atoms with Crippen LogP contribution in [0.2, 0.25) is 5.02 Å². The van der Waals surface area contributed by atoms with Crippen LogP contribution in [0.15, 0.2) is 91.2 Å². The molecule has 4 rings (SSSR count). The molecule has 1 aromatic heterocycles. The summed E-state index contributed by atoms with van der Waals surface area (Å²) in [7, 11) is 0. The summed E-state index contributed by atoms with van der Waals surface area (Å²) in [6.45, 7) is 3.98. The SMILES string of the molecule is C=C(O)COc1c(Cl)cccc1COc1cccc(OCc2ccc3ccccc3n2)c1. The first kappa shape index (κ1) is 21.5. The summed E-state index contributed by atoms with van der Waals surface area (Å²) in [6.07, 6.45) is 0. The number of fused-ring (bicyclic) bond motifs is 1. The quantitative estimate of drug-likeness (QED) is 0.297. The van der Waals surface area contributed by atoms with Crippen LogP contribution in [0.3, 0.4) is 0 Å². The van der Waals surface area contributed by atoms with E-state index in [1.165, 1.54) is 0 Å². The van der Waals surface area contributed by atoms with Crippen LogP contribution in [0.5, 0.6) is 17.2 Å². The molecule has 0 unspecified atom stereocenters. The van der Waals surface area contributed by atoms with E-state index in [9.17, 15) is 5.11 Å². The zero-order valence-electron chi connectivity index (χ0n) is 17.3. The number of benzene rings is 3. The number of para-hydroxylation sites is 2. The molecule has 0 atom stereocenters. The number of aliphatic hydroxyl groups is 1. The van der Waals surface area contributed by atoms with Crippen molar-refractivity contribution in [1.29, 1.82) is 0 Å². The lowest BCUT2D eigenvalue weighted by molar-refractivity contribution is 0.257. The lowest BCUT2D eigenvalue weighted by Crippen LogP contribution is -2.05. The number of hydrogen-bond donors (Lipinski definition) is 1. The molecule has 4 aromatic rings. The second-order valence-electron chi connectivity index (χ2n) is 7.13. The van der Waals surface area contributed by atoms with Crippen molar-refractivity contribution in [2.24, 2.45) is 0 Å². The van der Waals surface area contributed by atoms with Crippen LogP contribution in [0.4, 0.5) is 0 Å². The van der Waals surface area contributed by atoms with E-state index in [4.69, 9.17) is 25.8 Å². The maximum absolute atomic E-state index is 9.31. The summed E-state index contributed by atoms with van der Waals surface area (Å²) in [6, 6.07) is 24.8. The minimum absolute atomic E-state index is 0.0388. The van der Waals surface area contributed by atoms with E-state index in [0.29, 0.717) is 28.9 Å². The van der Waals surface area contributed by atoms with Crippen molar-refractivity contribution >= 4 is 22.5 Å². The average molecular weight is 448 g/mol. The van der Waals surface area contributed by atoms with Crippen LogP contribution in [-0.4, -0.2) is 16.7 Å². The van der Waals surface area contributed by atoms with Crippen LogP contribution in [0, 0.1) is 0 Å². The van der Waals surface area contributed by atoms with Crippen LogP contribution in [-0.2, 0) is 13.2 Å². The van der Waals surface area contributed by atoms with Crippen LogP contribution >= 0.6 is 11.6 Å². The van der Waals surface area contributed by atoms with Gasteiger partial charge in [0, 0.05) is 17.0 Å². The van der Waals surface area contributed by atoms with E-state index < -0.39 is 0 Å². The van der Waals surface area contributed by atoms with Gasteiger partial charge in [-0.1, -0.05) is 60.6 Å². The average Bonchev–Trinajstić information content (AvgIpc) is 2.81. The second kappa shape index (κ2) is 10.1. The summed E-state index contributed by atoms with van der Waals surface area (Å²) in [5.41, 5.74) is 2.54. The predicted molar refractivity (Wildman–Crippen MR) is 126 cm³/mol. The van der Waals surface area contributed by atoms with E-state index in [0.717, 1.165) is 22.2 Å². The molecular formula is C26H22ClNO4. The molecule has 0 fully saturated rings. The van der Waals surface area contributed by atoms with E-state index in [2.05, 4.69) is 11.6 Å². The van der Waals surface area contributed by atoms with Gasteiger partial charge in [-0.15, -0.1) is 0 Å². The van der Waals surface area contributed by atoms with Gasteiger partial charge in [0.05, 0.1) is 16.2 Å². The zero-order chi connectivity index (χ0) is 22.3. The first-order valence-electron chi connectivity index (χ1n) is 10.1. The number of aromatic nitrogens is 1. The van der Waals surface area contributed by atoms with Gasteiger partial charge >= 0.3 is 0 Å². The molecule has 1 heterocycles. The first-order chi connectivity index (χ1) is 15.6. The minimum atomic E-state index is -0.0810. The second-order valence-corrected chi connectivity index (χ2v) is 7.54. The van der Waals surface area contributed by atoms with E-state index >= 15 is 0 Å². The molecule has 0 aliphatic rings. The van der Waals surface area contributed by atoms with Gasteiger partial charge in [0.2, 0.25) is 0 Å². The summed E-state index contributed by atoms with van der Waals surface area (Å²) in [5.74, 6) is 1.70. The van der Waals surface area contributed by atoms with E-state index in [1.54, 1.807) is 6.07 Å². The number of hydrogen-bond acceptors (Lipinski definition) is 5. The fourth-order valence-corrected chi connectivity index (χ4v) is 3.39. The number of ether oxygens (including phenoxy) is 3. The normalized spacial score (nSPS) is 10.7. The highest BCUT2D eigenvalue weighted by molar-refractivity contribution is 6.32. The largest absolute Gasteiger partial charge is 0.509 e. The lowest BCUT2D eigenvalue weighted by Gasteiger charge is -2.14. The number of halogens is 1. The molecule has 5 nitrogen and oxygen atoms in total. The Labute approximate surface area is 191 Å². The van der Waals surface area contributed by atoms with Gasteiger partial charge in [0.1, 0.15) is 42.8 Å². The van der Waals surface area contributed by atoms with Crippen molar-refractivity contribution in [2.75, 3.05) is 6.61 Å². The van der Waals surface area contributed by atoms with Crippen LogP contribution < -0.4 is 14.2 Å². The van der Waals surface area contributed by atoms with Crippen molar-refractivity contribution < 1.29 is 19.3 Å². The highest BCUT2D eigenvalue weighted by Gasteiger charge is 2.10. The summed E-state index contributed by atoms with van der Waals surface area (Å²) in [5, 5.41) is 10.8. The molecule has 6 heteroatoms. The Morgan fingerprint density at radius 3 is 2.41 bits per heavy atom. The fraction of sp³-hybridized carbons (Fsp3) is 0.115. The van der Waals surface area contributed by atoms with Crippen molar-refractivity contribution in [2.45, 2.75) is 13.2 Å². The highest BCUT2D eigenvalue weighted by Crippen LogP contribution is 2.30. The van der Waals surface area contributed by atoms with Gasteiger partial charge in [-0.05, 0) is 30.3 Å². The van der Waals surface area contributed by atoms with Crippen molar-refractivity contribution in [3.05, 3.63) is 107 Å². The lowest BCUT2D eigenvalue weighted by atomic mass is 10.2. The standard InChI is InChI=1S/C26H22ClNO4/c1-18(29)15-32-26-20(7-4-10-24(26)27)16-30-22-8-5-9-23(14-22)31-17-21-13-12-19-6-2-3-11-25(19)28-21/h2-14,29H,1,15-17H2. The maximum Gasteiger partial charge on any atom is 0.145 e. The van der Waals surface area contributed by atoms with E-state index in [-0.39, 0.29) is 19.0 Å². The van der Waals surface area contributed by atoms with Crippen molar-refractivity contribution in [3.8, 4) is 17.2 Å². The molecule has 0 aliphatic heterocycles. The minimum Gasteiger partial charge on any atom is -0.509 e. The molecule has 0 saturated heterocycles. The molecule has 0 bridgehead atoms. The third-order valence-corrected chi connectivity index (χ3v) is 4.97. The summed E-state index contributed by atoms with van der Waals surface area (Å²) in [4.78, 5) is 4.63. The predicted octanol–water partition coefficient (Wildman–Crippen LogP) is 6.50. The molecule has 0 radical (unpaired) electrons. The molecular weight excluding hydrogens is 426 g/mol. The zero-order valence-corrected chi connectivity index (χ0v) is 18.1. The fourth-order valence-electron chi connectivity index (χ4n) is 3.15. The smallest absolute Gasteiger partial charge is 0.145 e. The van der Waals surface area contributed by atoms with Gasteiger partial charge in [0.15, 0.2) is 0 Å². The van der Waals surface area contributed by atoms with Crippen LogP contribution in [0.25, 0.3) is 10.9 Å².